The van der Waals surface area contributed by atoms with E-state index in [0.29, 0.717) is 0 Å². The van der Waals surface area contributed by atoms with E-state index in [1.807, 2.05) is 140 Å². The molecule has 4 aromatic carbocycles. The summed E-state index contributed by atoms with van der Waals surface area (Å²) in [5.41, 5.74) is 4.08. The monoisotopic (exact) mass is 573 g/mol. The molecule has 0 unspecified atom stereocenters. The third-order valence-corrected chi connectivity index (χ3v) is 5.47. The fraction of sp³-hybridized carbons (Fsp3) is 0. The van der Waals surface area contributed by atoms with Crippen LogP contribution in [0.2, 0.25) is 0 Å². The Morgan fingerprint density at radius 1 is 0.432 bits per heavy atom. The molecule has 0 aliphatic heterocycles. The van der Waals surface area contributed by atoms with Gasteiger partial charge in [0.2, 0.25) is 0 Å². The molecule has 4 rings (SSSR count). The maximum atomic E-state index is 11.7. The molecular weight excluding hydrogens is 547 g/mol. The maximum Gasteiger partial charge on any atom is 0.178 e. The minimum Gasteiger partial charge on any atom is -0.290 e. The SMILES string of the molecule is O=C(C=Cc1ccccc1)C=Cc1ccc[c]([Pd])c1.O=C(C=Cc1ccccc1)C=Cc1ccccc1. The van der Waals surface area contributed by atoms with Gasteiger partial charge in [0.1, 0.15) is 0 Å². The van der Waals surface area contributed by atoms with Gasteiger partial charge in [0.25, 0.3) is 0 Å². The quantitative estimate of drug-likeness (QED) is 0.166. The van der Waals surface area contributed by atoms with Crippen LogP contribution in [-0.4, -0.2) is 11.6 Å². The normalized spacial score (nSPS) is 11.2. The van der Waals surface area contributed by atoms with E-state index in [2.05, 4.69) is 19.2 Å². The molecule has 0 atom stereocenters. The molecule has 0 saturated heterocycles. The standard InChI is InChI=1S/C17H14O.C17H13O.Pd/c2*18-17(13-11-15-7-3-1-4-8-15)14-12-16-9-5-2-6-10-16;/h1-14H;1-5,7-14H;. The van der Waals surface area contributed by atoms with Crippen LogP contribution in [0.1, 0.15) is 22.3 Å². The molecule has 2 nitrogen and oxygen atoms in total. The van der Waals surface area contributed by atoms with Crippen LogP contribution in [0, 0.1) is 0 Å². The van der Waals surface area contributed by atoms with Crippen molar-refractivity contribution in [3.05, 3.63) is 162 Å². The molecule has 0 bridgehead atoms. The van der Waals surface area contributed by atoms with Gasteiger partial charge in [0.05, 0.1) is 0 Å². The fourth-order valence-corrected chi connectivity index (χ4v) is 3.52. The molecule has 0 aliphatic carbocycles. The van der Waals surface area contributed by atoms with Gasteiger partial charge in [-0.25, -0.2) is 0 Å². The van der Waals surface area contributed by atoms with Gasteiger partial charge in [-0.15, -0.1) is 0 Å². The molecule has 0 fully saturated rings. The van der Waals surface area contributed by atoms with Crippen molar-refractivity contribution in [2.75, 3.05) is 0 Å². The average Bonchev–Trinajstić information content (AvgIpc) is 2.95. The summed E-state index contributed by atoms with van der Waals surface area (Å²) in [6, 6.07) is 37.2. The van der Waals surface area contributed by atoms with Crippen LogP contribution in [0.3, 0.4) is 0 Å². The Hall–Kier alpha value is -4.16. The van der Waals surface area contributed by atoms with Crippen molar-refractivity contribution in [1.29, 1.82) is 0 Å². The van der Waals surface area contributed by atoms with Gasteiger partial charge in [0.15, 0.2) is 5.78 Å². The molecule has 0 aliphatic rings. The molecule has 4 aromatic rings. The van der Waals surface area contributed by atoms with E-state index in [1.165, 1.54) is 0 Å². The van der Waals surface area contributed by atoms with Crippen LogP contribution in [0.4, 0.5) is 0 Å². The van der Waals surface area contributed by atoms with Crippen LogP contribution in [0.15, 0.2) is 140 Å². The summed E-state index contributed by atoms with van der Waals surface area (Å²) in [7, 11) is 0. The molecule has 0 saturated carbocycles. The van der Waals surface area contributed by atoms with Crippen molar-refractivity contribution in [1.82, 2.24) is 0 Å². The van der Waals surface area contributed by atoms with E-state index < -0.39 is 0 Å². The summed E-state index contributed by atoms with van der Waals surface area (Å²) in [4.78, 5) is 23.3. The summed E-state index contributed by atoms with van der Waals surface area (Å²) >= 11 is 3.13. The molecule has 0 aromatic heterocycles. The Balaban J connectivity index is 0.000000206. The molecule has 0 N–H and O–H groups in total. The van der Waals surface area contributed by atoms with Crippen LogP contribution in [0.25, 0.3) is 24.3 Å². The number of hydrogen-bond donors (Lipinski definition) is 0. The summed E-state index contributed by atoms with van der Waals surface area (Å²) in [5.74, 6) is -0.0326. The third kappa shape index (κ3) is 11.4. The molecular formula is C34H27O2Pd. The second kappa shape index (κ2) is 15.8. The predicted octanol–water partition coefficient (Wildman–Crippen LogP) is 7.14. The largest absolute Gasteiger partial charge is 0.290 e. The van der Waals surface area contributed by atoms with Gasteiger partial charge in [0, 0.05) is 0 Å². The number of hydrogen-bond acceptors (Lipinski definition) is 2. The summed E-state index contributed by atoms with van der Waals surface area (Å²) < 4.78 is 1.04. The van der Waals surface area contributed by atoms with E-state index in [1.54, 1.807) is 24.3 Å². The predicted molar refractivity (Wildman–Crippen MR) is 152 cm³/mol. The molecule has 0 radical (unpaired) electrons. The first-order valence-electron chi connectivity index (χ1n) is 11.8. The van der Waals surface area contributed by atoms with E-state index >= 15 is 0 Å². The van der Waals surface area contributed by atoms with Crippen molar-refractivity contribution >= 4 is 39.9 Å². The number of rotatable bonds is 8. The fourth-order valence-electron chi connectivity index (χ4n) is 3.11. The summed E-state index contributed by atoms with van der Waals surface area (Å²) in [6.45, 7) is 0. The zero-order chi connectivity index (χ0) is 26.1. The zero-order valence-corrected chi connectivity index (χ0v) is 21.8. The van der Waals surface area contributed by atoms with Crippen LogP contribution >= 0.6 is 0 Å². The van der Waals surface area contributed by atoms with Crippen LogP contribution in [-0.2, 0) is 28.8 Å². The molecule has 0 amide bonds. The van der Waals surface area contributed by atoms with Gasteiger partial charge < -0.3 is 0 Å². The number of carbonyl (C=O) groups is 2. The molecule has 37 heavy (non-hydrogen) atoms. The van der Waals surface area contributed by atoms with E-state index in [9.17, 15) is 9.59 Å². The van der Waals surface area contributed by atoms with Gasteiger partial charge in [-0.2, -0.15) is 0 Å². The minimum absolute atomic E-state index is 0.0114. The van der Waals surface area contributed by atoms with Gasteiger partial charge in [-0.05, 0) is 23.3 Å². The summed E-state index contributed by atoms with van der Waals surface area (Å²) in [6.07, 6.45) is 13.6. The van der Waals surface area contributed by atoms with Crippen molar-refractivity contribution < 1.29 is 28.8 Å². The first-order chi connectivity index (χ1) is 18.1. The zero-order valence-electron chi connectivity index (χ0n) is 20.2. The van der Waals surface area contributed by atoms with E-state index in [0.717, 1.165) is 26.3 Å². The van der Waals surface area contributed by atoms with Crippen LogP contribution in [0.5, 0.6) is 0 Å². The van der Waals surface area contributed by atoms with Crippen LogP contribution < -0.4 is 4.04 Å². The second-order valence-electron chi connectivity index (χ2n) is 7.89. The van der Waals surface area contributed by atoms with Crippen molar-refractivity contribution in [2.24, 2.45) is 0 Å². The number of ketones is 2. The first-order valence-corrected chi connectivity index (χ1v) is 12.5. The number of benzene rings is 4. The van der Waals surface area contributed by atoms with Crippen molar-refractivity contribution in [3.8, 4) is 0 Å². The third-order valence-electron chi connectivity index (χ3n) is 4.99. The Morgan fingerprint density at radius 3 is 1.11 bits per heavy atom. The van der Waals surface area contributed by atoms with Crippen molar-refractivity contribution in [3.63, 3.8) is 0 Å². The molecule has 185 valence electrons. The molecule has 0 heterocycles. The Kier molecular flexibility index (Phi) is 11.7. The topological polar surface area (TPSA) is 34.1 Å². The first kappa shape index (κ1) is 27.4. The second-order valence-corrected chi connectivity index (χ2v) is 8.79. The van der Waals surface area contributed by atoms with Crippen molar-refractivity contribution in [2.45, 2.75) is 0 Å². The smallest absolute Gasteiger partial charge is 0.178 e. The van der Waals surface area contributed by atoms with Gasteiger partial charge >= 0.3 is 124 Å². The molecule has 3 heteroatoms. The Labute approximate surface area is 229 Å². The Bertz CT molecular complexity index is 1330. The van der Waals surface area contributed by atoms with Gasteiger partial charge in [-0.3, -0.25) is 4.79 Å². The number of allylic oxidation sites excluding steroid dienone is 4. The van der Waals surface area contributed by atoms with E-state index in [-0.39, 0.29) is 11.6 Å². The Morgan fingerprint density at radius 2 is 0.757 bits per heavy atom. The van der Waals surface area contributed by atoms with Gasteiger partial charge in [-0.1, -0.05) is 72.8 Å². The number of carbonyl (C=O) groups excluding carboxylic acids is 2. The summed E-state index contributed by atoms with van der Waals surface area (Å²) in [5, 5.41) is 0. The molecule has 0 spiro atoms. The van der Waals surface area contributed by atoms with E-state index in [4.69, 9.17) is 0 Å². The maximum absolute atomic E-state index is 11.7. The minimum atomic E-state index is -0.0212. The average molecular weight is 574 g/mol.